The molecular weight excluding hydrogens is 450 g/mol. The quantitative estimate of drug-likeness (QED) is 0.609. The van der Waals surface area contributed by atoms with Gasteiger partial charge >= 0.3 is 0 Å². The Kier molecular flexibility index (Phi) is 6.73. The molecule has 5 rings (SSSR count). The van der Waals surface area contributed by atoms with Crippen LogP contribution in [0.1, 0.15) is 91.4 Å². The normalized spacial score (nSPS) is 21.6. The molecule has 0 spiro atoms. The number of hydrogen-bond acceptors (Lipinski definition) is 4. The van der Waals surface area contributed by atoms with Crippen molar-refractivity contribution in [2.75, 3.05) is 13.1 Å². The molecule has 2 fully saturated rings. The molecule has 2 aromatic rings. The predicted molar refractivity (Wildman–Crippen MR) is 139 cm³/mol. The fourth-order valence-electron chi connectivity index (χ4n) is 5.80. The van der Waals surface area contributed by atoms with Gasteiger partial charge in [0, 0.05) is 25.1 Å². The molecule has 36 heavy (non-hydrogen) atoms. The van der Waals surface area contributed by atoms with Crippen molar-refractivity contribution in [2.24, 2.45) is 0 Å². The van der Waals surface area contributed by atoms with Crippen molar-refractivity contribution in [3.05, 3.63) is 70.3 Å². The zero-order valence-electron chi connectivity index (χ0n) is 21.7. The summed E-state index contributed by atoms with van der Waals surface area (Å²) < 4.78 is 0. The average Bonchev–Trinajstić information content (AvgIpc) is 3.20. The Morgan fingerprint density at radius 1 is 0.972 bits per heavy atom. The SMILES string of the molecule is CCC(C)(C)c1ccc(CN2CCC(c3ccc4c(c3)CN(C3CCC(=O)NC3=O)C4=O)CC2)cc1. The van der Waals surface area contributed by atoms with Gasteiger partial charge in [0.15, 0.2) is 0 Å². The average molecular weight is 488 g/mol. The second-order valence-corrected chi connectivity index (χ2v) is 11.3. The molecule has 6 nitrogen and oxygen atoms in total. The molecule has 3 amide bonds. The van der Waals surface area contributed by atoms with Gasteiger partial charge in [-0.25, -0.2) is 0 Å². The highest BCUT2D eigenvalue weighted by atomic mass is 16.2. The maximum absolute atomic E-state index is 13.0. The first-order chi connectivity index (χ1) is 17.2. The van der Waals surface area contributed by atoms with E-state index in [1.54, 1.807) is 4.90 Å². The fourth-order valence-corrected chi connectivity index (χ4v) is 5.80. The number of rotatable bonds is 6. The number of benzene rings is 2. The van der Waals surface area contributed by atoms with E-state index in [1.807, 2.05) is 6.07 Å². The largest absolute Gasteiger partial charge is 0.322 e. The molecule has 0 aromatic heterocycles. The molecule has 3 aliphatic heterocycles. The number of fused-ring (bicyclic) bond motifs is 1. The van der Waals surface area contributed by atoms with Gasteiger partial charge in [0.1, 0.15) is 6.04 Å². The van der Waals surface area contributed by atoms with Crippen LogP contribution in [0.3, 0.4) is 0 Å². The maximum atomic E-state index is 13.0. The summed E-state index contributed by atoms with van der Waals surface area (Å²) in [7, 11) is 0. The molecule has 190 valence electrons. The van der Waals surface area contributed by atoms with Crippen LogP contribution in [-0.4, -0.2) is 46.7 Å². The summed E-state index contributed by atoms with van der Waals surface area (Å²) >= 11 is 0. The smallest absolute Gasteiger partial charge is 0.255 e. The van der Waals surface area contributed by atoms with Crippen molar-refractivity contribution in [1.82, 2.24) is 15.1 Å². The first kappa shape index (κ1) is 24.7. The summed E-state index contributed by atoms with van der Waals surface area (Å²) in [6.45, 7) is 10.4. The van der Waals surface area contributed by atoms with Crippen LogP contribution in [0.2, 0.25) is 0 Å². The van der Waals surface area contributed by atoms with Crippen molar-refractivity contribution in [2.45, 2.75) is 83.3 Å². The van der Waals surface area contributed by atoms with Crippen LogP contribution in [0.5, 0.6) is 0 Å². The number of likely N-dealkylation sites (tertiary alicyclic amines) is 1. The maximum Gasteiger partial charge on any atom is 0.255 e. The second-order valence-electron chi connectivity index (χ2n) is 11.3. The van der Waals surface area contributed by atoms with Crippen LogP contribution in [0, 0.1) is 0 Å². The van der Waals surface area contributed by atoms with Crippen molar-refractivity contribution >= 4 is 17.7 Å². The number of carbonyl (C=O) groups is 3. The summed E-state index contributed by atoms with van der Waals surface area (Å²) in [6.07, 6.45) is 4.01. The molecular formula is C30H37N3O3. The minimum atomic E-state index is -0.559. The first-order valence-electron chi connectivity index (χ1n) is 13.3. The summed E-state index contributed by atoms with van der Waals surface area (Å²) in [4.78, 5) is 41.0. The summed E-state index contributed by atoms with van der Waals surface area (Å²) in [6, 6.07) is 14.8. The lowest BCUT2D eigenvalue weighted by atomic mass is 9.82. The molecule has 2 aromatic carbocycles. The molecule has 6 heteroatoms. The third kappa shape index (κ3) is 4.83. The van der Waals surface area contributed by atoms with Gasteiger partial charge in [-0.05, 0) is 78.4 Å². The number of piperidine rings is 2. The number of nitrogens with zero attached hydrogens (tertiary/aromatic N) is 2. The van der Waals surface area contributed by atoms with Gasteiger partial charge in [0.05, 0.1) is 0 Å². The summed E-state index contributed by atoms with van der Waals surface area (Å²) in [5.41, 5.74) is 5.97. The van der Waals surface area contributed by atoms with E-state index in [9.17, 15) is 14.4 Å². The molecule has 1 N–H and O–H groups in total. The summed E-state index contributed by atoms with van der Waals surface area (Å²) in [5, 5.41) is 2.37. The molecule has 1 atom stereocenters. The molecule has 0 bridgehead atoms. The number of amides is 3. The predicted octanol–water partition coefficient (Wildman–Crippen LogP) is 4.51. The monoisotopic (exact) mass is 487 g/mol. The molecule has 2 saturated heterocycles. The molecule has 3 heterocycles. The highest BCUT2D eigenvalue weighted by Crippen LogP contribution is 2.34. The molecule has 1 unspecified atom stereocenters. The minimum absolute atomic E-state index is 0.103. The van der Waals surface area contributed by atoms with E-state index in [2.05, 4.69) is 67.4 Å². The standard InChI is InChI=1S/C30H37N3O3/c1-4-30(2,3)24-8-5-20(6-9-24)18-32-15-13-21(14-16-32)22-7-10-25-23(17-22)19-33(29(25)36)26-11-12-27(34)31-28(26)35/h5-10,17,21,26H,4,11-16,18-19H2,1-3H3,(H,31,34,35). The fraction of sp³-hybridized carbons (Fsp3) is 0.500. The third-order valence-electron chi connectivity index (χ3n) is 8.63. The zero-order chi connectivity index (χ0) is 25.4. The minimum Gasteiger partial charge on any atom is -0.322 e. The Hall–Kier alpha value is -2.99. The van der Waals surface area contributed by atoms with Crippen molar-refractivity contribution in [3.63, 3.8) is 0 Å². The lowest BCUT2D eigenvalue weighted by molar-refractivity contribution is -0.136. The van der Waals surface area contributed by atoms with E-state index in [4.69, 9.17) is 0 Å². The van der Waals surface area contributed by atoms with Crippen LogP contribution >= 0.6 is 0 Å². The zero-order valence-corrected chi connectivity index (χ0v) is 21.7. The third-order valence-corrected chi connectivity index (χ3v) is 8.63. The number of hydrogen-bond donors (Lipinski definition) is 1. The van der Waals surface area contributed by atoms with Crippen LogP contribution in [-0.2, 0) is 28.1 Å². The van der Waals surface area contributed by atoms with E-state index >= 15 is 0 Å². The highest BCUT2D eigenvalue weighted by Gasteiger charge is 2.39. The first-order valence-corrected chi connectivity index (χ1v) is 13.3. The number of nitrogens with one attached hydrogen (secondary N) is 1. The van der Waals surface area contributed by atoms with Crippen LogP contribution in [0.4, 0.5) is 0 Å². The topological polar surface area (TPSA) is 69.7 Å². The van der Waals surface area contributed by atoms with Gasteiger partial charge in [0.25, 0.3) is 5.91 Å². The molecule has 0 aliphatic carbocycles. The van der Waals surface area contributed by atoms with Gasteiger partial charge in [-0.2, -0.15) is 0 Å². The lowest BCUT2D eigenvalue weighted by Gasteiger charge is -2.32. The van der Waals surface area contributed by atoms with Crippen LogP contribution in [0.25, 0.3) is 0 Å². The van der Waals surface area contributed by atoms with Crippen molar-refractivity contribution in [1.29, 1.82) is 0 Å². The van der Waals surface area contributed by atoms with Gasteiger partial charge in [-0.3, -0.25) is 24.6 Å². The Morgan fingerprint density at radius 3 is 2.36 bits per heavy atom. The van der Waals surface area contributed by atoms with E-state index in [0.717, 1.165) is 44.5 Å². The number of carbonyl (C=O) groups excluding carboxylic acids is 3. The lowest BCUT2D eigenvalue weighted by Crippen LogP contribution is -2.52. The van der Waals surface area contributed by atoms with Crippen LogP contribution < -0.4 is 5.32 Å². The van der Waals surface area contributed by atoms with Crippen molar-refractivity contribution in [3.8, 4) is 0 Å². The van der Waals surface area contributed by atoms with Gasteiger partial charge in [-0.15, -0.1) is 0 Å². The molecule has 0 radical (unpaired) electrons. The molecule has 0 saturated carbocycles. The van der Waals surface area contributed by atoms with E-state index < -0.39 is 6.04 Å². The van der Waals surface area contributed by atoms with Crippen molar-refractivity contribution < 1.29 is 14.4 Å². The van der Waals surface area contributed by atoms with E-state index in [-0.39, 0.29) is 29.6 Å². The summed E-state index contributed by atoms with van der Waals surface area (Å²) in [5.74, 6) is -0.233. The van der Waals surface area contributed by atoms with Gasteiger partial charge < -0.3 is 4.90 Å². The Balaban J connectivity index is 1.18. The van der Waals surface area contributed by atoms with E-state index in [0.29, 0.717) is 24.4 Å². The van der Waals surface area contributed by atoms with Gasteiger partial charge in [-0.1, -0.05) is 57.2 Å². The van der Waals surface area contributed by atoms with E-state index in [1.165, 1.54) is 16.7 Å². The van der Waals surface area contributed by atoms with Gasteiger partial charge in [0.2, 0.25) is 11.8 Å². The van der Waals surface area contributed by atoms with Crippen LogP contribution in [0.15, 0.2) is 42.5 Å². The highest BCUT2D eigenvalue weighted by molar-refractivity contribution is 6.05. The Labute approximate surface area is 214 Å². The number of imide groups is 1. The Bertz CT molecular complexity index is 1160. The second kappa shape index (κ2) is 9.81. The molecule has 3 aliphatic rings. The Morgan fingerprint density at radius 2 is 1.69 bits per heavy atom.